The molecule has 2 aromatic rings. The van der Waals surface area contributed by atoms with E-state index in [2.05, 4.69) is 23.3 Å². The zero-order valence-electron chi connectivity index (χ0n) is 9.94. The van der Waals surface area contributed by atoms with Gasteiger partial charge in [0.2, 0.25) is 5.89 Å². The normalized spacial score (nSPS) is 19.7. The molecule has 1 unspecified atom stereocenters. The second kappa shape index (κ2) is 4.34. The Kier molecular flexibility index (Phi) is 2.69. The average Bonchev–Trinajstić information content (AvgIpc) is 3.00. The highest BCUT2D eigenvalue weighted by Crippen LogP contribution is 2.27. The second-order valence-electron chi connectivity index (χ2n) is 4.54. The number of rotatable bonds is 2. The Hall–Kier alpha value is -1.61. The molecule has 1 aliphatic rings. The highest BCUT2D eigenvalue weighted by molar-refractivity contribution is 5.58. The lowest BCUT2D eigenvalue weighted by atomic mass is 10.1. The molecule has 1 fully saturated rings. The van der Waals surface area contributed by atoms with E-state index in [4.69, 9.17) is 4.42 Å². The Balaban J connectivity index is 1.92. The summed E-state index contributed by atoms with van der Waals surface area (Å²) in [6, 6.07) is 8.54. The first-order valence-corrected chi connectivity index (χ1v) is 6.09. The topological polar surface area (TPSA) is 38.1 Å². The molecule has 0 bridgehead atoms. The van der Waals surface area contributed by atoms with Gasteiger partial charge in [0.1, 0.15) is 6.26 Å². The van der Waals surface area contributed by atoms with Gasteiger partial charge in [-0.3, -0.25) is 0 Å². The zero-order chi connectivity index (χ0) is 11.7. The highest BCUT2D eigenvalue weighted by Gasteiger charge is 2.20. The standard InChI is InChI=1S/C14H16N2O/c1-10-5-2-3-6-11(10)14-16-13(9-17-14)12-7-4-8-15-12/h2-3,5-6,9,12,15H,4,7-8H2,1H3. The van der Waals surface area contributed by atoms with Gasteiger partial charge in [0, 0.05) is 5.56 Å². The van der Waals surface area contributed by atoms with Crippen LogP contribution in [0.1, 0.15) is 30.1 Å². The van der Waals surface area contributed by atoms with Gasteiger partial charge in [-0.2, -0.15) is 0 Å². The summed E-state index contributed by atoms with van der Waals surface area (Å²) in [4.78, 5) is 4.59. The van der Waals surface area contributed by atoms with Crippen LogP contribution < -0.4 is 5.32 Å². The Morgan fingerprint density at radius 3 is 3.00 bits per heavy atom. The lowest BCUT2D eigenvalue weighted by Gasteiger charge is -2.04. The lowest BCUT2D eigenvalue weighted by Crippen LogP contribution is -2.12. The first-order valence-electron chi connectivity index (χ1n) is 6.09. The second-order valence-corrected chi connectivity index (χ2v) is 4.54. The molecule has 0 amide bonds. The van der Waals surface area contributed by atoms with Crippen molar-refractivity contribution >= 4 is 0 Å². The van der Waals surface area contributed by atoms with E-state index >= 15 is 0 Å². The molecule has 3 nitrogen and oxygen atoms in total. The van der Waals surface area contributed by atoms with Crippen molar-refractivity contribution in [2.24, 2.45) is 0 Å². The Morgan fingerprint density at radius 2 is 2.24 bits per heavy atom. The quantitative estimate of drug-likeness (QED) is 0.858. The van der Waals surface area contributed by atoms with Gasteiger partial charge in [-0.25, -0.2) is 4.98 Å². The molecule has 0 radical (unpaired) electrons. The molecule has 2 heterocycles. The third kappa shape index (κ3) is 1.98. The van der Waals surface area contributed by atoms with Gasteiger partial charge >= 0.3 is 0 Å². The van der Waals surface area contributed by atoms with Gasteiger partial charge in [0.15, 0.2) is 0 Å². The first-order chi connectivity index (χ1) is 8.34. The predicted molar refractivity (Wildman–Crippen MR) is 66.7 cm³/mol. The van der Waals surface area contributed by atoms with Gasteiger partial charge in [-0.1, -0.05) is 18.2 Å². The van der Waals surface area contributed by atoms with Crippen molar-refractivity contribution in [3.63, 3.8) is 0 Å². The van der Waals surface area contributed by atoms with Gasteiger partial charge in [0.25, 0.3) is 0 Å². The van der Waals surface area contributed by atoms with Crippen LogP contribution in [0.25, 0.3) is 11.5 Å². The third-order valence-corrected chi connectivity index (χ3v) is 3.31. The number of oxazole rings is 1. The van der Waals surface area contributed by atoms with Gasteiger partial charge in [-0.15, -0.1) is 0 Å². The smallest absolute Gasteiger partial charge is 0.226 e. The maximum absolute atomic E-state index is 5.59. The maximum Gasteiger partial charge on any atom is 0.226 e. The fourth-order valence-electron chi connectivity index (χ4n) is 2.32. The van der Waals surface area contributed by atoms with Crippen molar-refractivity contribution in [2.45, 2.75) is 25.8 Å². The summed E-state index contributed by atoms with van der Waals surface area (Å²) in [5.41, 5.74) is 3.30. The summed E-state index contributed by atoms with van der Waals surface area (Å²) < 4.78 is 5.59. The van der Waals surface area contributed by atoms with Gasteiger partial charge in [-0.05, 0) is 37.9 Å². The van der Waals surface area contributed by atoms with Crippen LogP contribution in [0.15, 0.2) is 34.9 Å². The molecule has 1 saturated heterocycles. The van der Waals surface area contributed by atoms with Gasteiger partial charge < -0.3 is 9.73 Å². The summed E-state index contributed by atoms with van der Waals surface area (Å²) in [6.45, 7) is 3.16. The largest absolute Gasteiger partial charge is 0.444 e. The predicted octanol–water partition coefficient (Wildman–Crippen LogP) is 3.07. The molecule has 1 aliphatic heterocycles. The maximum atomic E-state index is 5.59. The van der Waals surface area contributed by atoms with Crippen LogP contribution in [0.2, 0.25) is 0 Å². The molecule has 1 atom stereocenters. The molecule has 88 valence electrons. The van der Waals surface area contributed by atoms with E-state index in [1.54, 1.807) is 6.26 Å². The van der Waals surface area contributed by atoms with Gasteiger partial charge in [0.05, 0.1) is 11.7 Å². The zero-order valence-corrected chi connectivity index (χ0v) is 9.94. The molecule has 17 heavy (non-hydrogen) atoms. The average molecular weight is 228 g/mol. The summed E-state index contributed by atoms with van der Waals surface area (Å²) in [7, 11) is 0. The number of nitrogens with zero attached hydrogens (tertiary/aromatic N) is 1. The number of hydrogen-bond donors (Lipinski definition) is 1. The van der Waals surface area contributed by atoms with Crippen LogP contribution >= 0.6 is 0 Å². The Bertz CT molecular complexity index is 512. The number of aryl methyl sites for hydroxylation is 1. The lowest BCUT2D eigenvalue weighted by molar-refractivity contribution is 0.563. The fraction of sp³-hybridized carbons (Fsp3) is 0.357. The highest BCUT2D eigenvalue weighted by atomic mass is 16.3. The minimum atomic E-state index is 0.372. The third-order valence-electron chi connectivity index (χ3n) is 3.31. The van der Waals surface area contributed by atoms with Crippen molar-refractivity contribution in [2.75, 3.05) is 6.54 Å². The van der Waals surface area contributed by atoms with Crippen molar-refractivity contribution in [1.29, 1.82) is 0 Å². The van der Waals surface area contributed by atoms with Crippen LogP contribution in [-0.4, -0.2) is 11.5 Å². The monoisotopic (exact) mass is 228 g/mol. The SMILES string of the molecule is Cc1ccccc1-c1nc(C2CCCN2)co1. The van der Waals surface area contributed by atoms with Crippen LogP contribution in [0, 0.1) is 6.92 Å². The van der Waals surface area contributed by atoms with Crippen LogP contribution in [0.5, 0.6) is 0 Å². The van der Waals surface area contributed by atoms with E-state index < -0.39 is 0 Å². The molecule has 1 aromatic carbocycles. The van der Waals surface area contributed by atoms with Crippen molar-refractivity contribution in [3.05, 3.63) is 41.8 Å². The Morgan fingerprint density at radius 1 is 1.35 bits per heavy atom. The molecule has 1 N–H and O–H groups in total. The molecule has 3 heteroatoms. The molecular formula is C14H16N2O. The number of benzene rings is 1. The molecule has 0 saturated carbocycles. The van der Waals surface area contributed by atoms with E-state index in [-0.39, 0.29) is 0 Å². The van der Waals surface area contributed by atoms with Crippen LogP contribution in [-0.2, 0) is 0 Å². The fourth-order valence-corrected chi connectivity index (χ4v) is 2.32. The summed E-state index contributed by atoms with van der Waals surface area (Å²) in [5, 5.41) is 3.43. The number of aromatic nitrogens is 1. The molecule has 3 rings (SSSR count). The van der Waals surface area contributed by atoms with Crippen molar-refractivity contribution in [1.82, 2.24) is 10.3 Å². The summed E-state index contributed by atoms with van der Waals surface area (Å²) >= 11 is 0. The summed E-state index contributed by atoms with van der Waals surface area (Å²) in [5.74, 6) is 0.729. The van der Waals surface area contributed by atoms with E-state index in [1.807, 2.05) is 18.2 Å². The van der Waals surface area contributed by atoms with E-state index in [0.29, 0.717) is 6.04 Å². The van der Waals surface area contributed by atoms with Crippen LogP contribution in [0.4, 0.5) is 0 Å². The molecule has 1 aromatic heterocycles. The van der Waals surface area contributed by atoms with Crippen molar-refractivity contribution < 1.29 is 4.42 Å². The van der Waals surface area contributed by atoms with E-state index in [1.165, 1.54) is 12.0 Å². The minimum Gasteiger partial charge on any atom is -0.444 e. The number of hydrogen-bond acceptors (Lipinski definition) is 3. The summed E-state index contributed by atoms with van der Waals surface area (Å²) in [6.07, 6.45) is 4.15. The molecule has 0 aliphatic carbocycles. The van der Waals surface area contributed by atoms with Crippen LogP contribution in [0.3, 0.4) is 0 Å². The number of nitrogens with one attached hydrogen (secondary N) is 1. The minimum absolute atomic E-state index is 0.372. The van der Waals surface area contributed by atoms with E-state index in [0.717, 1.165) is 30.1 Å². The Labute approximate surface area is 101 Å². The van der Waals surface area contributed by atoms with E-state index in [9.17, 15) is 0 Å². The van der Waals surface area contributed by atoms with Crippen molar-refractivity contribution in [3.8, 4) is 11.5 Å². The first kappa shape index (κ1) is 10.5. The molecular weight excluding hydrogens is 212 g/mol. The molecule has 0 spiro atoms.